The normalized spacial score (nSPS) is 10.1. The average molecular weight is 259 g/mol. The number of hydrazine groups is 1. The molecular weight excluding hydrogens is 246 g/mol. The summed E-state index contributed by atoms with van der Waals surface area (Å²) in [5, 5.41) is 0. The van der Waals surface area contributed by atoms with E-state index in [9.17, 15) is 4.79 Å². The molecule has 0 saturated heterocycles. The van der Waals surface area contributed by atoms with Crippen molar-refractivity contribution in [3.63, 3.8) is 0 Å². The second-order valence-corrected chi connectivity index (χ2v) is 4.67. The molecular formula is C13H13N3OS. The van der Waals surface area contributed by atoms with Gasteiger partial charge in [-0.3, -0.25) is 15.2 Å². The molecule has 4 nitrogen and oxygen atoms in total. The van der Waals surface area contributed by atoms with Gasteiger partial charge in [0, 0.05) is 16.8 Å². The molecule has 1 aromatic carbocycles. The average Bonchev–Trinajstić information content (AvgIpc) is 2.45. The standard InChI is InChI=1S/C13H13N3OS/c14-16-13(17)12-8-11(6-7-15-12)18-9-10-4-2-1-3-5-10/h1-8H,9,14H2,(H,16,17). The smallest absolute Gasteiger partial charge is 0.283 e. The van der Waals surface area contributed by atoms with Crippen LogP contribution in [0.4, 0.5) is 0 Å². The van der Waals surface area contributed by atoms with Crippen LogP contribution in [0.2, 0.25) is 0 Å². The number of hydrogen-bond donors (Lipinski definition) is 2. The molecule has 0 aliphatic heterocycles. The number of nitrogens with zero attached hydrogens (tertiary/aromatic N) is 1. The number of hydrogen-bond acceptors (Lipinski definition) is 4. The van der Waals surface area contributed by atoms with E-state index in [2.05, 4.69) is 22.5 Å². The highest BCUT2D eigenvalue weighted by Crippen LogP contribution is 2.22. The van der Waals surface area contributed by atoms with Crippen molar-refractivity contribution in [1.29, 1.82) is 0 Å². The number of carbonyl (C=O) groups excluding carboxylic acids is 1. The van der Waals surface area contributed by atoms with Crippen LogP contribution >= 0.6 is 11.8 Å². The van der Waals surface area contributed by atoms with Crippen molar-refractivity contribution in [3.8, 4) is 0 Å². The Hall–Kier alpha value is -1.85. The molecule has 0 fully saturated rings. The lowest BCUT2D eigenvalue weighted by molar-refractivity contribution is 0.0948. The number of benzene rings is 1. The number of aromatic nitrogens is 1. The van der Waals surface area contributed by atoms with Crippen molar-refractivity contribution in [3.05, 3.63) is 59.9 Å². The fourth-order valence-corrected chi connectivity index (χ4v) is 2.32. The summed E-state index contributed by atoms with van der Waals surface area (Å²) in [4.78, 5) is 16.3. The minimum atomic E-state index is -0.378. The third-order valence-electron chi connectivity index (χ3n) is 2.34. The van der Waals surface area contributed by atoms with Gasteiger partial charge in [-0.15, -0.1) is 11.8 Å². The zero-order valence-electron chi connectivity index (χ0n) is 9.67. The van der Waals surface area contributed by atoms with Crippen molar-refractivity contribution < 1.29 is 4.79 Å². The van der Waals surface area contributed by atoms with Gasteiger partial charge >= 0.3 is 0 Å². The number of thioether (sulfide) groups is 1. The summed E-state index contributed by atoms with van der Waals surface area (Å²) < 4.78 is 0. The molecule has 0 unspecified atom stereocenters. The van der Waals surface area contributed by atoms with Gasteiger partial charge in [0.05, 0.1) is 0 Å². The van der Waals surface area contributed by atoms with Crippen molar-refractivity contribution in [2.24, 2.45) is 5.84 Å². The van der Waals surface area contributed by atoms with E-state index in [4.69, 9.17) is 5.84 Å². The first-order chi connectivity index (χ1) is 8.79. The lowest BCUT2D eigenvalue weighted by atomic mass is 10.2. The molecule has 1 amide bonds. The number of pyridine rings is 1. The summed E-state index contributed by atoms with van der Waals surface area (Å²) in [5.74, 6) is 5.55. The Balaban J connectivity index is 2.04. The Morgan fingerprint density at radius 3 is 2.78 bits per heavy atom. The molecule has 0 spiro atoms. The number of nitrogen functional groups attached to an aromatic ring is 1. The van der Waals surface area contributed by atoms with Crippen LogP contribution in [0.5, 0.6) is 0 Å². The lowest BCUT2D eigenvalue weighted by Crippen LogP contribution is -2.30. The molecule has 0 bridgehead atoms. The van der Waals surface area contributed by atoms with Crippen LogP contribution in [0.15, 0.2) is 53.6 Å². The Labute approximate surface area is 110 Å². The number of nitrogens with one attached hydrogen (secondary N) is 1. The van der Waals surface area contributed by atoms with E-state index in [-0.39, 0.29) is 5.91 Å². The van der Waals surface area contributed by atoms with Gasteiger partial charge in [-0.1, -0.05) is 30.3 Å². The molecule has 0 aliphatic carbocycles. The van der Waals surface area contributed by atoms with Crippen LogP contribution in [0, 0.1) is 0 Å². The molecule has 1 heterocycles. The molecule has 0 saturated carbocycles. The van der Waals surface area contributed by atoms with E-state index in [1.807, 2.05) is 24.3 Å². The number of nitrogens with two attached hydrogens (primary N) is 1. The van der Waals surface area contributed by atoms with Crippen molar-refractivity contribution >= 4 is 17.7 Å². The molecule has 2 aromatic rings. The van der Waals surface area contributed by atoms with Gasteiger partial charge in [-0.2, -0.15) is 0 Å². The van der Waals surface area contributed by atoms with Gasteiger partial charge in [0.1, 0.15) is 5.69 Å². The monoisotopic (exact) mass is 259 g/mol. The highest BCUT2D eigenvalue weighted by molar-refractivity contribution is 7.98. The topological polar surface area (TPSA) is 68.0 Å². The van der Waals surface area contributed by atoms with E-state index in [1.54, 1.807) is 24.0 Å². The minimum absolute atomic E-state index is 0.329. The van der Waals surface area contributed by atoms with Crippen LogP contribution < -0.4 is 11.3 Å². The predicted molar refractivity (Wildman–Crippen MR) is 71.9 cm³/mol. The molecule has 0 aliphatic rings. The molecule has 92 valence electrons. The lowest BCUT2D eigenvalue weighted by Gasteiger charge is -2.03. The first kappa shape index (κ1) is 12.6. The Morgan fingerprint density at radius 1 is 1.28 bits per heavy atom. The number of carbonyl (C=O) groups is 1. The molecule has 18 heavy (non-hydrogen) atoms. The van der Waals surface area contributed by atoms with E-state index in [0.717, 1.165) is 10.6 Å². The van der Waals surface area contributed by atoms with E-state index in [0.29, 0.717) is 5.69 Å². The van der Waals surface area contributed by atoms with Crippen molar-refractivity contribution in [2.45, 2.75) is 10.6 Å². The van der Waals surface area contributed by atoms with Crippen LogP contribution in [0.25, 0.3) is 0 Å². The molecule has 1 aromatic heterocycles. The number of amides is 1. The Kier molecular flexibility index (Phi) is 4.33. The predicted octanol–water partition coefficient (Wildman–Crippen LogP) is 1.98. The quantitative estimate of drug-likeness (QED) is 0.381. The van der Waals surface area contributed by atoms with Crippen LogP contribution in [-0.2, 0) is 5.75 Å². The number of rotatable bonds is 4. The van der Waals surface area contributed by atoms with E-state index in [1.165, 1.54) is 5.56 Å². The van der Waals surface area contributed by atoms with Gasteiger partial charge < -0.3 is 0 Å². The summed E-state index contributed by atoms with van der Waals surface area (Å²) in [6.07, 6.45) is 1.61. The molecule has 5 heteroatoms. The maximum Gasteiger partial charge on any atom is 0.283 e. The molecule has 2 rings (SSSR count). The minimum Gasteiger partial charge on any atom is -0.289 e. The Bertz CT molecular complexity index is 531. The summed E-state index contributed by atoms with van der Waals surface area (Å²) in [6.45, 7) is 0. The fourth-order valence-electron chi connectivity index (χ4n) is 1.44. The van der Waals surface area contributed by atoms with Crippen LogP contribution in [-0.4, -0.2) is 10.9 Å². The largest absolute Gasteiger partial charge is 0.289 e. The first-order valence-electron chi connectivity index (χ1n) is 5.43. The molecule has 0 atom stereocenters. The van der Waals surface area contributed by atoms with Crippen LogP contribution in [0.3, 0.4) is 0 Å². The second-order valence-electron chi connectivity index (χ2n) is 3.62. The molecule has 0 radical (unpaired) electrons. The van der Waals surface area contributed by atoms with Gasteiger partial charge in [0.25, 0.3) is 5.91 Å². The second kappa shape index (κ2) is 6.18. The van der Waals surface area contributed by atoms with Gasteiger partial charge in [-0.25, -0.2) is 5.84 Å². The third kappa shape index (κ3) is 3.32. The fraction of sp³-hybridized carbons (Fsp3) is 0.0769. The highest BCUT2D eigenvalue weighted by atomic mass is 32.2. The van der Waals surface area contributed by atoms with E-state index >= 15 is 0 Å². The van der Waals surface area contributed by atoms with Crippen molar-refractivity contribution in [1.82, 2.24) is 10.4 Å². The summed E-state index contributed by atoms with van der Waals surface area (Å²) in [7, 11) is 0. The summed E-state index contributed by atoms with van der Waals surface area (Å²) in [6, 6.07) is 13.8. The first-order valence-corrected chi connectivity index (χ1v) is 6.42. The maximum atomic E-state index is 11.3. The van der Waals surface area contributed by atoms with Crippen molar-refractivity contribution in [2.75, 3.05) is 0 Å². The van der Waals surface area contributed by atoms with Crippen LogP contribution in [0.1, 0.15) is 16.1 Å². The third-order valence-corrected chi connectivity index (χ3v) is 3.41. The van der Waals surface area contributed by atoms with E-state index < -0.39 is 0 Å². The Morgan fingerprint density at radius 2 is 2.06 bits per heavy atom. The van der Waals surface area contributed by atoms with Gasteiger partial charge in [0.2, 0.25) is 0 Å². The summed E-state index contributed by atoms with van der Waals surface area (Å²) in [5.41, 5.74) is 3.64. The highest BCUT2D eigenvalue weighted by Gasteiger charge is 2.06. The van der Waals surface area contributed by atoms with Gasteiger partial charge in [-0.05, 0) is 17.7 Å². The zero-order valence-corrected chi connectivity index (χ0v) is 10.5. The SMILES string of the molecule is NNC(=O)c1cc(SCc2ccccc2)ccn1. The van der Waals surface area contributed by atoms with Gasteiger partial charge in [0.15, 0.2) is 0 Å². The maximum absolute atomic E-state index is 11.3. The summed E-state index contributed by atoms with van der Waals surface area (Å²) >= 11 is 1.65. The zero-order chi connectivity index (χ0) is 12.8. The molecule has 3 N–H and O–H groups in total.